The van der Waals surface area contributed by atoms with Gasteiger partial charge in [0.25, 0.3) is 0 Å². The van der Waals surface area contributed by atoms with Gasteiger partial charge < -0.3 is 15.6 Å². The summed E-state index contributed by atoms with van der Waals surface area (Å²) in [5.74, 6) is 1.07. The van der Waals surface area contributed by atoms with Crippen molar-refractivity contribution in [3.8, 4) is 0 Å². The number of aliphatic carboxylic acids is 1. The lowest BCUT2D eigenvalue weighted by Crippen LogP contribution is -2.45. The average molecular weight is 285 g/mol. The molecule has 0 radical (unpaired) electrons. The molecule has 1 aliphatic rings. The summed E-state index contributed by atoms with van der Waals surface area (Å²) in [6.07, 6.45) is 5.15. The second kappa shape index (κ2) is 7.41. The number of carbonyl (C=O) groups is 1. The van der Waals surface area contributed by atoms with Crippen LogP contribution in [0.25, 0.3) is 0 Å². The molecule has 4 nitrogen and oxygen atoms in total. The number of carboxylic acid groups (broad SMARTS) is 1. The molecule has 1 rings (SSSR count). The van der Waals surface area contributed by atoms with Gasteiger partial charge >= 0.3 is 5.97 Å². The highest BCUT2D eigenvalue weighted by molar-refractivity contribution is 5.77. The predicted molar refractivity (Wildman–Crippen MR) is 80.5 cm³/mol. The van der Waals surface area contributed by atoms with Gasteiger partial charge in [-0.2, -0.15) is 0 Å². The minimum atomic E-state index is -1.14. The van der Waals surface area contributed by atoms with Crippen LogP contribution in [0.5, 0.6) is 0 Å². The van der Waals surface area contributed by atoms with Crippen LogP contribution in [-0.4, -0.2) is 29.3 Å². The Labute approximate surface area is 123 Å². The minimum Gasteiger partial charge on any atom is -0.480 e. The molecular formula is C16H31NO3. The zero-order valence-corrected chi connectivity index (χ0v) is 13.4. The first-order chi connectivity index (χ1) is 9.24. The first-order valence-corrected chi connectivity index (χ1v) is 7.88. The van der Waals surface area contributed by atoms with E-state index in [0.29, 0.717) is 37.4 Å². The fraction of sp³-hybridized carbons (Fsp3) is 0.938. The molecule has 3 N–H and O–H groups in total. The smallest absolute Gasteiger partial charge is 0.323 e. The molecule has 1 aliphatic carbocycles. The van der Waals surface area contributed by atoms with E-state index in [-0.39, 0.29) is 0 Å². The van der Waals surface area contributed by atoms with Crippen molar-refractivity contribution in [3.05, 3.63) is 0 Å². The molecule has 20 heavy (non-hydrogen) atoms. The van der Waals surface area contributed by atoms with Crippen LogP contribution in [0.3, 0.4) is 0 Å². The zero-order valence-electron chi connectivity index (χ0n) is 13.4. The lowest BCUT2D eigenvalue weighted by atomic mass is 9.75. The molecule has 0 aromatic heterocycles. The van der Waals surface area contributed by atoms with E-state index in [0.717, 1.165) is 12.3 Å². The van der Waals surface area contributed by atoms with Crippen LogP contribution in [0.2, 0.25) is 0 Å². The van der Waals surface area contributed by atoms with Crippen molar-refractivity contribution in [2.24, 2.45) is 23.5 Å². The summed E-state index contributed by atoms with van der Waals surface area (Å²) < 4.78 is 6.05. The van der Waals surface area contributed by atoms with Crippen molar-refractivity contribution < 1.29 is 14.6 Å². The maximum Gasteiger partial charge on any atom is 0.323 e. The van der Waals surface area contributed by atoms with E-state index in [1.807, 2.05) is 0 Å². The van der Waals surface area contributed by atoms with Crippen LogP contribution >= 0.6 is 0 Å². The molecule has 0 spiro atoms. The quantitative estimate of drug-likeness (QED) is 0.705. The Morgan fingerprint density at radius 1 is 1.45 bits per heavy atom. The number of rotatable bonds is 7. The van der Waals surface area contributed by atoms with Crippen molar-refractivity contribution in [3.63, 3.8) is 0 Å². The average Bonchev–Trinajstić information content (AvgIpc) is 2.34. The Bertz CT molecular complexity index is 315. The summed E-state index contributed by atoms with van der Waals surface area (Å²) in [5, 5.41) is 8.97. The molecule has 4 heteroatoms. The first-order valence-electron chi connectivity index (χ1n) is 7.88. The molecule has 1 saturated carbocycles. The minimum absolute atomic E-state index is 0.326. The van der Waals surface area contributed by atoms with Gasteiger partial charge in [-0.3, -0.25) is 4.79 Å². The molecule has 0 aromatic rings. The highest BCUT2D eigenvalue weighted by atomic mass is 16.5. The van der Waals surface area contributed by atoms with Gasteiger partial charge in [-0.05, 0) is 50.4 Å². The van der Waals surface area contributed by atoms with Gasteiger partial charge in [-0.1, -0.05) is 27.2 Å². The lowest BCUT2D eigenvalue weighted by molar-refractivity contribution is -0.143. The zero-order chi connectivity index (χ0) is 15.3. The first kappa shape index (κ1) is 17.4. The summed E-state index contributed by atoms with van der Waals surface area (Å²) in [4.78, 5) is 10.9. The maximum atomic E-state index is 10.9. The Hall–Kier alpha value is -0.610. The van der Waals surface area contributed by atoms with E-state index in [1.54, 1.807) is 6.92 Å². The van der Waals surface area contributed by atoms with Crippen molar-refractivity contribution in [2.45, 2.75) is 71.4 Å². The molecule has 4 unspecified atom stereocenters. The summed E-state index contributed by atoms with van der Waals surface area (Å²) in [6, 6.07) is 0. The fourth-order valence-corrected chi connectivity index (χ4v) is 3.09. The monoisotopic (exact) mass is 285 g/mol. The molecule has 0 heterocycles. The summed E-state index contributed by atoms with van der Waals surface area (Å²) in [5.41, 5.74) is 4.58. The molecular weight excluding hydrogens is 254 g/mol. The SMILES string of the molecule is CC1CCC(C(C)C)C(OCCCC(C)(N)C(=O)O)C1. The molecule has 0 aromatic carbocycles. The van der Waals surface area contributed by atoms with Crippen molar-refractivity contribution >= 4 is 5.97 Å². The third-order valence-electron chi connectivity index (χ3n) is 4.62. The fourth-order valence-electron chi connectivity index (χ4n) is 3.09. The number of carboxylic acids is 1. The molecule has 0 bridgehead atoms. The van der Waals surface area contributed by atoms with Crippen LogP contribution in [0.1, 0.15) is 59.8 Å². The van der Waals surface area contributed by atoms with Crippen LogP contribution < -0.4 is 5.73 Å². The summed E-state index contributed by atoms with van der Waals surface area (Å²) in [7, 11) is 0. The van der Waals surface area contributed by atoms with Gasteiger partial charge in [-0.15, -0.1) is 0 Å². The highest BCUT2D eigenvalue weighted by Crippen LogP contribution is 2.35. The van der Waals surface area contributed by atoms with E-state index in [9.17, 15) is 4.79 Å². The highest BCUT2D eigenvalue weighted by Gasteiger charge is 2.32. The summed E-state index contributed by atoms with van der Waals surface area (Å²) >= 11 is 0. The summed E-state index contributed by atoms with van der Waals surface area (Å²) in [6.45, 7) is 8.99. The molecule has 4 atom stereocenters. The van der Waals surface area contributed by atoms with Crippen molar-refractivity contribution in [1.82, 2.24) is 0 Å². The van der Waals surface area contributed by atoms with E-state index in [1.165, 1.54) is 12.8 Å². The van der Waals surface area contributed by atoms with Crippen LogP contribution in [-0.2, 0) is 9.53 Å². The van der Waals surface area contributed by atoms with Crippen LogP contribution in [0.4, 0.5) is 0 Å². The van der Waals surface area contributed by atoms with Gasteiger partial charge in [0, 0.05) is 6.61 Å². The van der Waals surface area contributed by atoms with Crippen molar-refractivity contribution in [2.75, 3.05) is 6.61 Å². The maximum absolute atomic E-state index is 10.9. The second-order valence-corrected chi connectivity index (χ2v) is 7.06. The second-order valence-electron chi connectivity index (χ2n) is 7.06. The topological polar surface area (TPSA) is 72.5 Å². The van der Waals surface area contributed by atoms with Gasteiger partial charge in [0.2, 0.25) is 0 Å². The van der Waals surface area contributed by atoms with E-state index in [4.69, 9.17) is 15.6 Å². The molecule has 0 amide bonds. The Kier molecular flexibility index (Phi) is 6.46. The van der Waals surface area contributed by atoms with Crippen LogP contribution in [0.15, 0.2) is 0 Å². The number of nitrogens with two attached hydrogens (primary N) is 1. The third-order valence-corrected chi connectivity index (χ3v) is 4.62. The third kappa shape index (κ3) is 5.06. The van der Waals surface area contributed by atoms with Gasteiger partial charge in [0.1, 0.15) is 5.54 Å². The Morgan fingerprint density at radius 3 is 2.65 bits per heavy atom. The van der Waals surface area contributed by atoms with E-state index < -0.39 is 11.5 Å². The molecule has 118 valence electrons. The van der Waals surface area contributed by atoms with E-state index >= 15 is 0 Å². The van der Waals surface area contributed by atoms with Gasteiger partial charge in [0.15, 0.2) is 0 Å². The lowest BCUT2D eigenvalue weighted by Gasteiger charge is -2.37. The normalized spacial score (nSPS) is 30.2. The van der Waals surface area contributed by atoms with E-state index in [2.05, 4.69) is 20.8 Å². The molecule has 0 saturated heterocycles. The Morgan fingerprint density at radius 2 is 2.10 bits per heavy atom. The van der Waals surface area contributed by atoms with Gasteiger partial charge in [-0.25, -0.2) is 0 Å². The van der Waals surface area contributed by atoms with Gasteiger partial charge in [0.05, 0.1) is 6.10 Å². The number of ether oxygens (including phenoxy) is 1. The Balaban J connectivity index is 2.37. The van der Waals surface area contributed by atoms with Crippen LogP contribution in [0, 0.1) is 17.8 Å². The standard InChI is InChI=1S/C16H31NO3/c1-11(2)13-7-6-12(3)10-14(13)20-9-5-8-16(4,17)15(18)19/h11-14H,5-10,17H2,1-4H3,(H,18,19). The molecule has 1 fully saturated rings. The number of hydrogen-bond acceptors (Lipinski definition) is 3. The predicted octanol–water partition coefficient (Wildman–Crippen LogP) is 3.05. The van der Waals surface area contributed by atoms with Crippen molar-refractivity contribution in [1.29, 1.82) is 0 Å². The largest absolute Gasteiger partial charge is 0.480 e. The molecule has 0 aliphatic heterocycles. The number of hydrogen-bond donors (Lipinski definition) is 2.